The van der Waals surface area contributed by atoms with Crippen LogP contribution in [0.25, 0.3) is 6.08 Å². The number of carbonyl (C=O) groups is 1. The van der Waals surface area contributed by atoms with Crippen LogP contribution in [0.2, 0.25) is 5.02 Å². The number of thiocarbonyl (C=S) groups is 1. The van der Waals surface area contributed by atoms with Crippen molar-refractivity contribution in [3.8, 4) is 17.2 Å². The molecule has 0 aromatic heterocycles. The zero-order valence-electron chi connectivity index (χ0n) is 17.6. The second kappa shape index (κ2) is 10.9. The zero-order valence-corrected chi connectivity index (χ0v) is 20.0. The number of hydrogen-bond donors (Lipinski definition) is 1. The SMILES string of the molecule is CC[C@@H](C)c1ccccc1OCCOc1c(Cl)cc(/C=C2\SC(=S)NC2=O)cc1OC. The van der Waals surface area contributed by atoms with E-state index in [-0.39, 0.29) is 5.91 Å². The lowest BCUT2D eigenvalue weighted by atomic mass is 9.98. The van der Waals surface area contributed by atoms with E-state index in [1.807, 2.05) is 18.2 Å². The molecule has 0 saturated carbocycles. The van der Waals surface area contributed by atoms with E-state index in [0.717, 1.165) is 17.7 Å². The Balaban J connectivity index is 1.67. The minimum absolute atomic E-state index is 0.222. The Morgan fingerprint density at radius 1 is 1.19 bits per heavy atom. The molecule has 1 aliphatic rings. The summed E-state index contributed by atoms with van der Waals surface area (Å²) in [7, 11) is 1.54. The van der Waals surface area contributed by atoms with Crippen LogP contribution in [0.4, 0.5) is 0 Å². The van der Waals surface area contributed by atoms with Crippen molar-refractivity contribution in [3.63, 3.8) is 0 Å². The van der Waals surface area contributed by atoms with E-state index in [2.05, 4.69) is 25.2 Å². The van der Waals surface area contributed by atoms with Crippen LogP contribution < -0.4 is 19.5 Å². The molecule has 1 amide bonds. The van der Waals surface area contributed by atoms with Gasteiger partial charge in [-0.1, -0.05) is 67.6 Å². The fraction of sp³-hybridized carbons (Fsp3) is 0.304. The standard InChI is InChI=1S/C23H24ClNO4S2/c1-4-14(2)16-7-5-6-8-18(16)28-9-10-29-21-17(24)11-15(12-19(21)27-3)13-20-22(26)25-23(30)31-20/h5-8,11-14H,4,9-10H2,1-3H3,(H,25,26,30)/b20-13-/t14-/m1/s1. The molecule has 1 atom stereocenters. The fourth-order valence-electron chi connectivity index (χ4n) is 3.07. The number of rotatable bonds is 9. The number of amides is 1. The van der Waals surface area contributed by atoms with E-state index in [1.165, 1.54) is 17.3 Å². The van der Waals surface area contributed by atoms with Crippen LogP contribution >= 0.6 is 35.6 Å². The maximum atomic E-state index is 11.9. The monoisotopic (exact) mass is 477 g/mol. The lowest BCUT2D eigenvalue weighted by Gasteiger charge is -2.17. The first-order valence-corrected chi connectivity index (χ1v) is 11.5. The molecule has 1 saturated heterocycles. The van der Waals surface area contributed by atoms with Gasteiger partial charge >= 0.3 is 0 Å². The van der Waals surface area contributed by atoms with Gasteiger partial charge in [0.2, 0.25) is 0 Å². The summed E-state index contributed by atoms with van der Waals surface area (Å²) in [5.41, 5.74) is 1.90. The zero-order chi connectivity index (χ0) is 22.4. The van der Waals surface area contributed by atoms with E-state index >= 15 is 0 Å². The number of carbonyl (C=O) groups excluding carboxylic acids is 1. The van der Waals surface area contributed by atoms with Crippen LogP contribution in [0, 0.1) is 0 Å². The van der Waals surface area contributed by atoms with Crippen LogP contribution in [0.1, 0.15) is 37.3 Å². The van der Waals surface area contributed by atoms with Gasteiger partial charge in [-0.25, -0.2) is 0 Å². The van der Waals surface area contributed by atoms with E-state index in [9.17, 15) is 4.79 Å². The third-order valence-corrected chi connectivity index (χ3v) is 6.28. The molecule has 164 valence electrons. The Morgan fingerprint density at radius 2 is 1.94 bits per heavy atom. The Hall–Kier alpha value is -2.22. The van der Waals surface area contributed by atoms with Gasteiger partial charge in [0.25, 0.3) is 5.91 Å². The van der Waals surface area contributed by atoms with Gasteiger partial charge in [-0.15, -0.1) is 0 Å². The molecule has 2 aromatic carbocycles. The highest BCUT2D eigenvalue weighted by molar-refractivity contribution is 8.26. The summed E-state index contributed by atoms with van der Waals surface area (Å²) in [6.07, 6.45) is 2.75. The summed E-state index contributed by atoms with van der Waals surface area (Å²) in [4.78, 5) is 12.4. The summed E-state index contributed by atoms with van der Waals surface area (Å²) in [5, 5.41) is 2.97. The molecule has 0 aliphatic carbocycles. The number of halogens is 1. The lowest BCUT2D eigenvalue weighted by molar-refractivity contribution is -0.115. The lowest BCUT2D eigenvalue weighted by Crippen LogP contribution is -2.17. The second-order valence-corrected chi connectivity index (χ2v) is 9.06. The molecule has 0 radical (unpaired) electrons. The molecule has 3 rings (SSSR count). The van der Waals surface area contributed by atoms with E-state index < -0.39 is 0 Å². The fourth-order valence-corrected chi connectivity index (χ4v) is 4.39. The van der Waals surface area contributed by atoms with Crippen molar-refractivity contribution in [2.24, 2.45) is 0 Å². The van der Waals surface area contributed by atoms with Crippen molar-refractivity contribution in [3.05, 3.63) is 57.5 Å². The van der Waals surface area contributed by atoms with Gasteiger partial charge in [-0.05, 0) is 47.7 Å². The highest BCUT2D eigenvalue weighted by Crippen LogP contribution is 2.38. The number of para-hydroxylation sites is 1. The predicted octanol–water partition coefficient (Wildman–Crippen LogP) is 5.81. The van der Waals surface area contributed by atoms with Crippen LogP contribution in [0.15, 0.2) is 41.3 Å². The molecular formula is C23H24ClNO4S2. The first-order chi connectivity index (χ1) is 14.9. The maximum absolute atomic E-state index is 11.9. The largest absolute Gasteiger partial charge is 0.493 e. The average Bonchev–Trinajstić information content (AvgIpc) is 3.08. The van der Waals surface area contributed by atoms with E-state index in [4.69, 9.17) is 38.0 Å². The number of benzene rings is 2. The number of methoxy groups -OCH3 is 1. The molecule has 0 bridgehead atoms. The Morgan fingerprint density at radius 3 is 2.61 bits per heavy atom. The molecule has 1 N–H and O–H groups in total. The highest BCUT2D eigenvalue weighted by Gasteiger charge is 2.22. The van der Waals surface area contributed by atoms with Crippen molar-refractivity contribution in [1.82, 2.24) is 5.32 Å². The van der Waals surface area contributed by atoms with Crippen molar-refractivity contribution in [2.45, 2.75) is 26.2 Å². The smallest absolute Gasteiger partial charge is 0.263 e. The molecule has 1 fully saturated rings. The summed E-state index contributed by atoms with van der Waals surface area (Å²) in [6, 6.07) is 11.5. The quantitative estimate of drug-likeness (QED) is 0.279. The molecule has 2 aromatic rings. The van der Waals surface area contributed by atoms with Crippen molar-refractivity contribution < 1.29 is 19.0 Å². The predicted molar refractivity (Wildman–Crippen MR) is 130 cm³/mol. The van der Waals surface area contributed by atoms with Crippen LogP contribution in [-0.4, -0.2) is 30.6 Å². The number of thioether (sulfide) groups is 1. The minimum Gasteiger partial charge on any atom is -0.493 e. The van der Waals surface area contributed by atoms with Crippen molar-refractivity contribution in [1.29, 1.82) is 0 Å². The Bertz CT molecular complexity index is 1010. The molecule has 1 heterocycles. The Kier molecular flexibility index (Phi) is 8.23. The van der Waals surface area contributed by atoms with Crippen LogP contribution in [-0.2, 0) is 4.79 Å². The topological polar surface area (TPSA) is 56.8 Å². The molecular weight excluding hydrogens is 454 g/mol. The normalized spacial score (nSPS) is 15.7. The summed E-state index contributed by atoms with van der Waals surface area (Å²) < 4.78 is 17.7. The third-order valence-electron chi connectivity index (χ3n) is 4.84. The highest BCUT2D eigenvalue weighted by atomic mass is 35.5. The van der Waals surface area contributed by atoms with Gasteiger partial charge < -0.3 is 19.5 Å². The number of nitrogens with one attached hydrogen (secondary N) is 1. The van der Waals surface area contributed by atoms with Crippen LogP contribution in [0.5, 0.6) is 17.2 Å². The second-order valence-electron chi connectivity index (χ2n) is 6.93. The van der Waals surface area contributed by atoms with Gasteiger partial charge in [0.05, 0.1) is 17.0 Å². The molecule has 31 heavy (non-hydrogen) atoms. The molecule has 0 spiro atoms. The Labute approximate surface area is 197 Å². The molecule has 0 unspecified atom stereocenters. The summed E-state index contributed by atoms with van der Waals surface area (Å²) in [6.45, 7) is 5.01. The molecule has 1 aliphatic heterocycles. The molecule has 8 heteroatoms. The van der Waals surface area contributed by atoms with Crippen LogP contribution in [0.3, 0.4) is 0 Å². The van der Waals surface area contributed by atoms with Gasteiger partial charge in [0.15, 0.2) is 11.5 Å². The summed E-state index contributed by atoms with van der Waals surface area (Å²) >= 11 is 12.7. The van der Waals surface area contributed by atoms with Gasteiger partial charge in [0.1, 0.15) is 23.3 Å². The van der Waals surface area contributed by atoms with E-state index in [1.54, 1.807) is 25.3 Å². The van der Waals surface area contributed by atoms with Gasteiger partial charge in [-0.3, -0.25) is 4.79 Å². The number of ether oxygens (including phenoxy) is 3. The minimum atomic E-state index is -0.222. The van der Waals surface area contributed by atoms with E-state index in [0.29, 0.717) is 44.9 Å². The summed E-state index contributed by atoms with van der Waals surface area (Å²) in [5.74, 6) is 1.98. The third kappa shape index (κ3) is 5.93. The maximum Gasteiger partial charge on any atom is 0.263 e. The van der Waals surface area contributed by atoms with Gasteiger partial charge in [0, 0.05) is 0 Å². The number of hydrogen-bond acceptors (Lipinski definition) is 6. The van der Waals surface area contributed by atoms with Crippen molar-refractivity contribution >= 4 is 51.9 Å². The first kappa shape index (κ1) is 23.4. The van der Waals surface area contributed by atoms with Crippen molar-refractivity contribution in [2.75, 3.05) is 20.3 Å². The average molecular weight is 478 g/mol. The van der Waals surface area contributed by atoms with Gasteiger partial charge in [-0.2, -0.15) is 0 Å². The first-order valence-electron chi connectivity index (χ1n) is 9.89. The molecule has 5 nitrogen and oxygen atoms in total.